The number of benzene rings is 1. The van der Waals surface area contributed by atoms with Gasteiger partial charge in [-0.3, -0.25) is 9.29 Å². The molecule has 1 aliphatic heterocycles. The van der Waals surface area contributed by atoms with Crippen LogP contribution in [0.4, 0.5) is 5.95 Å². The van der Waals surface area contributed by atoms with Crippen molar-refractivity contribution in [1.29, 1.82) is 0 Å². The number of rotatable bonds is 9. The van der Waals surface area contributed by atoms with Crippen molar-refractivity contribution < 1.29 is 26.3 Å². The van der Waals surface area contributed by atoms with Crippen LogP contribution in [0.2, 0.25) is 0 Å². The van der Waals surface area contributed by atoms with Crippen LogP contribution in [-0.4, -0.2) is 66.8 Å². The van der Waals surface area contributed by atoms with Gasteiger partial charge >= 0.3 is 0 Å². The summed E-state index contributed by atoms with van der Waals surface area (Å²) < 4.78 is 68.2. The van der Waals surface area contributed by atoms with Gasteiger partial charge in [-0.2, -0.15) is 0 Å². The van der Waals surface area contributed by atoms with Gasteiger partial charge in [0.15, 0.2) is 15.7 Å². The van der Waals surface area contributed by atoms with Crippen molar-refractivity contribution in [2.24, 2.45) is 0 Å². The first-order valence-corrected chi connectivity index (χ1v) is 15.4. The number of methoxy groups -OCH3 is 2. The first kappa shape index (κ1) is 27.8. The molecular formula is C24H32N6O6S2. The fraction of sp³-hybridized carbons (Fsp3) is 0.500. The Balaban J connectivity index is 1.83. The zero-order chi connectivity index (χ0) is 27.7. The second-order valence-electron chi connectivity index (χ2n) is 9.34. The third-order valence-corrected chi connectivity index (χ3v) is 10.8. The standard InChI is InChI=1S/C24H32N6O6S2/c1-15-13-25-22(26-14-15)16(2)17(3)38(33,34)29-24-28-27-23(20-11-6-7-12-37(20,31)32)30(24)21-18(35-4)9-8-10-19(21)36-5/h8-10,13-14,16-17,20H,6-7,11-12H2,1-5H3,(H,28,29)/t16?,17?,20-/m0/s1. The van der Waals surface area contributed by atoms with Crippen LogP contribution in [-0.2, 0) is 19.9 Å². The van der Waals surface area contributed by atoms with Gasteiger partial charge in [-0.15, -0.1) is 10.2 Å². The smallest absolute Gasteiger partial charge is 0.243 e. The zero-order valence-electron chi connectivity index (χ0n) is 21.9. The first-order chi connectivity index (χ1) is 18.0. The van der Waals surface area contributed by atoms with Gasteiger partial charge < -0.3 is 9.47 Å². The molecule has 1 aromatic carbocycles. The van der Waals surface area contributed by atoms with E-state index in [2.05, 4.69) is 24.9 Å². The maximum atomic E-state index is 13.6. The van der Waals surface area contributed by atoms with Crippen molar-refractivity contribution >= 4 is 25.8 Å². The molecule has 2 unspecified atom stereocenters. The lowest BCUT2D eigenvalue weighted by molar-refractivity contribution is 0.390. The largest absolute Gasteiger partial charge is 0.494 e. The third kappa shape index (κ3) is 5.32. The molecule has 1 aliphatic rings. The molecule has 1 N–H and O–H groups in total. The number of aromatic nitrogens is 5. The average molecular weight is 565 g/mol. The summed E-state index contributed by atoms with van der Waals surface area (Å²) in [7, 11) is -4.71. The molecule has 38 heavy (non-hydrogen) atoms. The normalized spacial score (nSPS) is 18.9. The Kier molecular flexibility index (Phi) is 7.93. The van der Waals surface area contributed by atoms with E-state index < -0.39 is 36.3 Å². The number of nitrogens with zero attached hydrogens (tertiary/aromatic N) is 5. The maximum absolute atomic E-state index is 13.6. The number of ether oxygens (including phenoxy) is 2. The second-order valence-corrected chi connectivity index (χ2v) is 13.7. The monoisotopic (exact) mass is 564 g/mol. The number of aryl methyl sites for hydroxylation is 1. The topological polar surface area (TPSA) is 155 Å². The molecule has 0 saturated carbocycles. The highest BCUT2D eigenvalue weighted by atomic mass is 32.2. The molecule has 3 heterocycles. The Morgan fingerprint density at radius 2 is 1.68 bits per heavy atom. The molecule has 2 aromatic heterocycles. The fourth-order valence-corrected chi connectivity index (χ4v) is 7.55. The molecule has 3 atom stereocenters. The number of hydrogen-bond acceptors (Lipinski definition) is 10. The van der Waals surface area contributed by atoms with Gasteiger partial charge in [0.1, 0.15) is 28.3 Å². The summed E-state index contributed by atoms with van der Waals surface area (Å²) in [5, 5.41) is 6.38. The van der Waals surface area contributed by atoms with E-state index in [9.17, 15) is 16.8 Å². The Labute approximate surface area is 222 Å². The van der Waals surface area contributed by atoms with Crippen LogP contribution in [0.1, 0.15) is 61.5 Å². The fourth-order valence-electron chi connectivity index (χ4n) is 4.42. The second kappa shape index (κ2) is 10.8. The molecular weight excluding hydrogens is 532 g/mol. The van der Waals surface area contributed by atoms with E-state index in [1.54, 1.807) is 44.4 Å². The minimum absolute atomic E-state index is 0.0136. The van der Waals surface area contributed by atoms with Crippen molar-refractivity contribution in [3.05, 3.63) is 47.8 Å². The van der Waals surface area contributed by atoms with Crippen LogP contribution in [0, 0.1) is 6.92 Å². The molecule has 1 saturated heterocycles. The minimum atomic E-state index is -4.07. The Bertz CT molecular complexity index is 1480. The highest BCUT2D eigenvalue weighted by Crippen LogP contribution is 2.40. The number of para-hydroxylation sites is 1. The summed E-state index contributed by atoms with van der Waals surface area (Å²) in [5.74, 6) is 0.417. The van der Waals surface area contributed by atoms with E-state index in [1.165, 1.54) is 18.8 Å². The Hall–Kier alpha value is -3.26. The average Bonchev–Trinajstić information content (AvgIpc) is 3.28. The van der Waals surface area contributed by atoms with E-state index in [4.69, 9.17) is 9.47 Å². The van der Waals surface area contributed by atoms with Crippen LogP contribution in [0.3, 0.4) is 0 Å². The van der Waals surface area contributed by atoms with Gasteiger partial charge in [0, 0.05) is 18.3 Å². The first-order valence-electron chi connectivity index (χ1n) is 12.2. The SMILES string of the molecule is COc1cccc(OC)c1-n1c(NS(=O)(=O)C(C)C(C)c2ncc(C)cn2)nnc1[C@@H]1CCCCS1(=O)=O. The molecule has 4 rings (SSSR count). The number of nitrogens with one attached hydrogen (secondary N) is 1. The lowest BCUT2D eigenvalue weighted by atomic mass is 10.1. The van der Waals surface area contributed by atoms with E-state index in [0.29, 0.717) is 42.3 Å². The van der Waals surface area contributed by atoms with Gasteiger partial charge in [-0.1, -0.05) is 19.4 Å². The summed E-state index contributed by atoms with van der Waals surface area (Å²) in [4.78, 5) is 8.55. The third-order valence-electron chi connectivity index (χ3n) is 6.82. The number of sulfone groups is 1. The van der Waals surface area contributed by atoms with Crippen LogP contribution in [0.5, 0.6) is 11.5 Å². The molecule has 12 nitrogen and oxygen atoms in total. The van der Waals surface area contributed by atoms with Gasteiger partial charge in [0.2, 0.25) is 16.0 Å². The summed E-state index contributed by atoms with van der Waals surface area (Å²) in [6.07, 6.45) is 4.84. The highest BCUT2D eigenvalue weighted by molar-refractivity contribution is 7.93. The predicted molar refractivity (Wildman–Crippen MR) is 142 cm³/mol. The van der Waals surface area contributed by atoms with Gasteiger partial charge in [0.25, 0.3) is 0 Å². The van der Waals surface area contributed by atoms with Gasteiger partial charge in [-0.05, 0) is 44.4 Å². The van der Waals surface area contributed by atoms with Crippen molar-refractivity contribution in [1.82, 2.24) is 24.7 Å². The van der Waals surface area contributed by atoms with E-state index >= 15 is 0 Å². The Morgan fingerprint density at radius 3 is 2.26 bits per heavy atom. The van der Waals surface area contributed by atoms with E-state index in [1.807, 2.05) is 6.92 Å². The summed E-state index contributed by atoms with van der Waals surface area (Å²) in [6.45, 7) is 5.12. The summed E-state index contributed by atoms with van der Waals surface area (Å²) >= 11 is 0. The molecule has 206 valence electrons. The quantitative estimate of drug-likeness (QED) is 0.410. The molecule has 14 heteroatoms. The lowest BCUT2D eigenvalue weighted by Gasteiger charge is -2.24. The molecule has 0 aliphatic carbocycles. The number of sulfonamides is 1. The van der Waals surface area contributed by atoms with Crippen molar-refractivity contribution in [3.63, 3.8) is 0 Å². The molecule has 0 radical (unpaired) electrons. The van der Waals surface area contributed by atoms with E-state index in [-0.39, 0.29) is 17.5 Å². The van der Waals surface area contributed by atoms with Crippen molar-refractivity contribution in [3.8, 4) is 17.2 Å². The maximum Gasteiger partial charge on any atom is 0.243 e. The van der Waals surface area contributed by atoms with Crippen LogP contribution >= 0.6 is 0 Å². The Morgan fingerprint density at radius 1 is 1.05 bits per heavy atom. The van der Waals surface area contributed by atoms with Crippen LogP contribution < -0.4 is 14.2 Å². The molecule has 0 amide bonds. The molecule has 1 fully saturated rings. The predicted octanol–water partition coefficient (Wildman–Crippen LogP) is 2.96. The summed E-state index contributed by atoms with van der Waals surface area (Å²) in [5.41, 5.74) is 1.15. The number of hydrogen-bond donors (Lipinski definition) is 1. The molecule has 0 spiro atoms. The van der Waals surface area contributed by atoms with E-state index in [0.717, 1.165) is 5.56 Å². The lowest BCUT2D eigenvalue weighted by Crippen LogP contribution is -2.32. The highest BCUT2D eigenvalue weighted by Gasteiger charge is 2.38. The van der Waals surface area contributed by atoms with Crippen molar-refractivity contribution in [2.75, 3.05) is 24.7 Å². The van der Waals surface area contributed by atoms with Gasteiger partial charge in [-0.25, -0.2) is 26.8 Å². The molecule has 3 aromatic rings. The minimum Gasteiger partial charge on any atom is -0.494 e. The summed E-state index contributed by atoms with van der Waals surface area (Å²) in [6, 6.07) is 5.03. The number of anilines is 1. The van der Waals surface area contributed by atoms with Crippen molar-refractivity contribution in [2.45, 2.75) is 56.5 Å². The van der Waals surface area contributed by atoms with Crippen LogP contribution in [0.25, 0.3) is 5.69 Å². The van der Waals surface area contributed by atoms with Crippen LogP contribution in [0.15, 0.2) is 30.6 Å². The molecule has 0 bridgehead atoms. The zero-order valence-corrected chi connectivity index (χ0v) is 23.6. The van der Waals surface area contributed by atoms with Gasteiger partial charge in [0.05, 0.1) is 25.2 Å².